The van der Waals surface area contributed by atoms with Crippen molar-refractivity contribution in [2.24, 2.45) is 5.92 Å². The van der Waals surface area contributed by atoms with Crippen LogP contribution in [0.15, 0.2) is 0 Å². The Morgan fingerprint density at radius 1 is 1.56 bits per heavy atom. The van der Waals surface area contributed by atoms with E-state index in [9.17, 15) is 9.90 Å². The fourth-order valence-electron chi connectivity index (χ4n) is 1.97. The Kier molecular flexibility index (Phi) is 5.22. The molecule has 94 valence electrons. The number of aliphatic hydroxyl groups is 1. The average Bonchev–Trinajstić information content (AvgIpc) is 2.19. The first-order valence-electron chi connectivity index (χ1n) is 6.19. The molecule has 1 fully saturated rings. The van der Waals surface area contributed by atoms with Crippen LogP contribution >= 0.6 is 0 Å². The van der Waals surface area contributed by atoms with E-state index in [0.29, 0.717) is 18.9 Å². The molecule has 1 amide bonds. The molecule has 0 aromatic heterocycles. The first kappa shape index (κ1) is 13.5. The summed E-state index contributed by atoms with van der Waals surface area (Å²) in [6.07, 6.45) is 1.31. The van der Waals surface area contributed by atoms with Crippen LogP contribution in [0.1, 0.15) is 33.6 Å². The van der Waals surface area contributed by atoms with Gasteiger partial charge in [0.05, 0.1) is 6.10 Å². The minimum Gasteiger partial charge on any atom is -0.392 e. The third kappa shape index (κ3) is 4.49. The molecule has 2 N–H and O–H groups in total. The zero-order chi connectivity index (χ0) is 12.1. The second-order valence-electron chi connectivity index (χ2n) is 5.11. The standard InChI is InChI=1S/C12H24N2O2/c1-9(2)13-12(16)5-7-14-6-4-10(3)11(15)8-14/h9-11,15H,4-8H2,1-3H3,(H,13,16). The molecular weight excluding hydrogens is 204 g/mol. The van der Waals surface area contributed by atoms with Gasteiger partial charge in [-0.15, -0.1) is 0 Å². The van der Waals surface area contributed by atoms with Gasteiger partial charge in [0.1, 0.15) is 0 Å². The maximum atomic E-state index is 11.4. The largest absolute Gasteiger partial charge is 0.392 e. The molecule has 0 radical (unpaired) electrons. The van der Waals surface area contributed by atoms with Crippen LogP contribution in [0.2, 0.25) is 0 Å². The summed E-state index contributed by atoms with van der Waals surface area (Å²) in [4.78, 5) is 13.6. The molecule has 1 aliphatic heterocycles. The lowest BCUT2D eigenvalue weighted by molar-refractivity contribution is -0.122. The van der Waals surface area contributed by atoms with Gasteiger partial charge >= 0.3 is 0 Å². The summed E-state index contributed by atoms with van der Waals surface area (Å²) in [6.45, 7) is 8.45. The summed E-state index contributed by atoms with van der Waals surface area (Å²) in [5.41, 5.74) is 0. The summed E-state index contributed by atoms with van der Waals surface area (Å²) in [5.74, 6) is 0.490. The van der Waals surface area contributed by atoms with Crippen molar-refractivity contribution in [2.75, 3.05) is 19.6 Å². The number of carbonyl (C=O) groups is 1. The van der Waals surface area contributed by atoms with Crippen LogP contribution in [0.3, 0.4) is 0 Å². The number of nitrogens with one attached hydrogen (secondary N) is 1. The Balaban J connectivity index is 2.20. The molecule has 0 aliphatic carbocycles. The number of hydrogen-bond donors (Lipinski definition) is 2. The van der Waals surface area contributed by atoms with Gasteiger partial charge in [0.2, 0.25) is 5.91 Å². The highest BCUT2D eigenvalue weighted by molar-refractivity contribution is 5.76. The van der Waals surface area contributed by atoms with E-state index in [2.05, 4.69) is 17.1 Å². The summed E-state index contributed by atoms with van der Waals surface area (Å²) in [6, 6.07) is 0.208. The van der Waals surface area contributed by atoms with Crippen LogP contribution in [0.4, 0.5) is 0 Å². The molecule has 1 heterocycles. The molecule has 1 rings (SSSR count). The number of aliphatic hydroxyl groups excluding tert-OH is 1. The van der Waals surface area contributed by atoms with Gasteiger partial charge in [-0.3, -0.25) is 4.79 Å². The van der Waals surface area contributed by atoms with E-state index >= 15 is 0 Å². The Labute approximate surface area is 98.0 Å². The zero-order valence-electron chi connectivity index (χ0n) is 10.6. The number of piperidine rings is 1. The van der Waals surface area contributed by atoms with Gasteiger partial charge in [0.25, 0.3) is 0 Å². The minimum atomic E-state index is -0.234. The van der Waals surface area contributed by atoms with Crippen molar-refractivity contribution < 1.29 is 9.90 Å². The number of rotatable bonds is 4. The van der Waals surface area contributed by atoms with Gasteiger partial charge in [0.15, 0.2) is 0 Å². The van der Waals surface area contributed by atoms with Crippen LogP contribution in [0.5, 0.6) is 0 Å². The van der Waals surface area contributed by atoms with Crippen molar-refractivity contribution in [3.8, 4) is 0 Å². The zero-order valence-corrected chi connectivity index (χ0v) is 10.6. The van der Waals surface area contributed by atoms with E-state index in [4.69, 9.17) is 0 Å². The highest BCUT2D eigenvalue weighted by atomic mass is 16.3. The van der Waals surface area contributed by atoms with Crippen molar-refractivity contribution in [2.45, 2.75) is 45.8 Å². The maximum absolute atomic E-state index is 11.4. The third-order valence-electron chi connectivity index (χ3n) is 3.11. The predicted molar refractivity (Wildman–Crippen MR) is 64.1 cm³/mol. The van der Waals surface area contributed by atoms with Gasteiger partial charge in [-0.25, -0.2) is 0 Å². The Morgan fingerprint density at radius 3 is 2.81 bits per heavy atom. The van der Waals surface area contributed by atoms with Crippen LogP contribution in [-0.2, 0) is 4.79 Å². The molecule has 1 saturated heterocycles. The molecule has 0 bridgehead atoms. The Hall–Kier alpha value is -0.610. The first-order valence-corrected chi connectivity index (χ1v) is 6.19. The van der Waals surface area contributed by atoms with Gasteiger partial charge in [-0.05, 0) is 32.7 Å². The number of β-amino-alcohol motifs (C(OH)–C–C–N with tert-alkyl or cyclic N) is 1. The van der Waals surface area contributed by atoms with Gasteiger partial charge in [0, 0.05) is 25.6 Å². The fraction of sp³-hybridized carbons (Fsp3) is 0.917. The summed E-state index contributed by atoms with van der Waals surface area (Å²) >= 11 is 0. The number of likely N-dealkylation sites (tertiary alicyclic amines) is 1. The smallest absolute Gasteiger partial charge is 0.221 e. The van der Waals surface area contributed by atoms with E-state index in [1.54, 1.807) is 0 Å². The van der Waals surface area contributed by atoms with Gasteiger partial charge in [-0.2, -0.15) is 0 Å². The normalized spacial score (nSPS) is 27.1. The van der Waals surface area contributed by atoms with Crippen LogP contribution < -0.4 is 5.32 Å². The molecule has 2 atom stereocenters. The van der Waals surface area contributed by atoms with Crippen molar-refractivity contribution in [3.63, 3.8) is 0 Å². The van der Waals surface area contributed by atoms with Gasteiger partial charge < -0.3 is 15.3 Å². The van der Waals surface area contributed by atoms with E-state index in [-0.39, 0.29) is 18.1 Å². The van der Waals surface area contributed by atoms with Crippen molar-refractivity contribution in [1.29, 1.82) is 0 Å². The predicted octanol–water partition coefficient (Wildman–Crippen LogP) is 0.604. The fourth-order valence-corrected chi connectivity index (χ4v) is 1.97. The summed E-state index contributed by atoms with van der Waals surface area (Å²) < 4.78 is 0. The van der Waals surface area contributed by atoms with Crippen molar-refractivity contribution >= 4 is 5.91 Å². The molecule has 4 heteroatoms. The molecule has 0 aromatic rings. The molecule has 4 nitrogen and oxygen atoms in total. The summed E-state index contributed by atoms with van der Waals surface area (Å²) in [5, 5.41) is 12.6. The second kappa shape index (κ2) is 6.21. The average molecular weight is 228 g/mol. The quantitative estimate of drug-likeness (QED) is 0.741. The van der Waals surface area contributed by atoms with E-state index in [1.807, 2.05) is 13.8 Å². The molecule has 16 heavy (non-hydrogen) atoms. The number of carbonyl (C=O) groups excluding carboxylic acids is 1. The van der Waals surface area contributed by atoms with Crippen LogP contribution in [0.25, 0.3) is 0 Å². The topological polar surface area (TPSA) is 52.6 Å². The number of amides is 1. The van der Waals surface area contributed by atoms with Crippen molar-refractivity contribution in [1.82, 2.24) is 10.2 Å². The number of hydrogen-bond acceptors (Lipinski definition) is 3. The maximum Gasteiger partial charge on any atom is 0.221 e. The highest BCUT2D eigenvalue weighted by Crippen LogP contribution is 2.16. The molecule has 1 aliphatic rings. The lowest BCUT2D eigenvalue weighted by Gasteiger charge is -2.34. The monoisotopic (exact) mass is 228 g/mol. The molecule has 0 spiro atoms. The van der Waals surface area contributed by atoms with Crippen LogP contribution in [-0.4, -0.2) is 47.7 Å². The molecule has 2 unspecified atom stereocenters. The third-order valence-corrected chi connectivity index (χ3v) is 3.11. The van der Waals surface area contributed by atoms with E-state index in [1.165, 1.54) is 0 Å². The lowest BCUT2D eigenvalue weighted by Crippen LogP contribution is -2.44. The highest BCUT2D eigenvalue weighted by Gasteiger charge is 2.24. The van der Waals surface area contributed by atoms with Gasteiger partial charge in [-0.1, -0.05) is 6.92 Å². The second-order valence-corrected chi connectivity index (χ2v) is 5.11. The minimum absolute atomic E-state index is 0.100. The number of nitrogens with zero attached hydrogens (tertiary/aromatic N) is 1. The molecular formula is C12H24N2O2. The van der Waals surface area contributed by atoms with Crippen molar-refractivity contribution in [3.05, 3.63) is 0 Å². The SMILES string of the molecule is CC(C)NC(=O)CCN1CCC(C)C(O)C1. The lowest BCUT2D eigenvalue weighted by atomic mass is 9.96. The summed E-state index contributed by atoms with van der Waals surface area (Å²) in [7, 11) is 0. The first-order chi connectivity index (χ1) is 7.49. The van der Waals surface area contributed by atoms with Crippen LogP contribution in [0, 0.1) is 5.92 Å². The van der Waals surface area contributed by atoms with E-state index in [0.717, 1.165) is 19.5 Å². The molecule has 0 saturated carbocycles. The molecule has 0 aromatic carbocycles. The van der Waals surface area contributed by atoms with E-state index < -0.39 is 0 Å². The Morgan fingerprint density at radius 2 is 2.25 bits per heavy atom. The Bertz CT molecular complexity index is 231.